The van der Waals surface area contributed by atoms with E-state index in [2.05, 4.69) is 49.4 Å². The average molecular weight is 254 g/mol. The van der Waals surface area contributed by atoms with Crippen LogP contribution in [0.3, 0.4) is 0 Å². The predicted octanol–water partition coefficient (Wildman–Crippen LogP) is 2.74. The molecule has 1 aromatic rings. The van der Waals surface area contributed by atoms with Gasteiger partial charge in [0, 0.05) is 4.88 Å². The Morgan fingerprint density at radius 3 is 2.12 bits per heavy atom. The number of hydrogen-bond acceptors (Lipinski definition) is 3. The molecule has 0 aliphatic heterocycles. The molecule has 0 unspecified atom stereocenters. The fourth-order valence-corrected chi connectivity index (χ4v) is 2.93. The highest BCUT2D eigenvalue weighted by Crippen LogP contribution is 2.20. The van der Waals surface area contributed by atoms with Crippen molar-refractivity contribution in [2.45, 2.75) is 25.7 Å². The lowest BCUT2D eigenvalue weighted by Crippen LogP contribution is -2.14. The molecule has 0 saturated carbocycles. The van der Waals surface area contributed by atoms with Gasteiger partial charge in [-0.3, -0.25) is 0 Å². The van der Waals surface area contributed by atoms with Crippen LogP contribution in [0, 0.1) is 0 Å². The zero-order valence-electron chi connectivity index (χ0n) is 11.7. The number of hydrogen-bond donors (Lipinski definition) is 0. The number of thiophene rings is 1. The monoisotopic (exact) mass is 254 g/mol. The summed E-state index contributed by atoms with van der Waals surface area (Å²) >= 11 is 1.93. The normalized spacial score (nSPS) is 11.6. The van der Waals surface area contributed by atoms with Crippen LogP contribution in [0.1, 0.15) is 23.3 Å². The Balaban J connectivity index is 2.32. The Hall–Kier alpha value is -0.380. The van der Waals surface area contributed by atoms with Crippen LogP contribution in [-0.2, 0) is 12.8 Å². The summed E-state index contributed by atoms with van der Waals surface area (Å²) in [7, 11) is 8.58. The van der Waals surface area contributed by atoms with Gasteiger partial charge in [0.2, 0.25) is 0 Å². The quantitative estimate of drug-likeness (QED) is 0.704. The molecule has 0 saturated heterocycles. The van der Waals surface area contributed by atoms with Crippen LogP contribution in [0.2, 0.25) is 0 Å². The van der Waals surface area contributed by atoms with E-state index >= 15 is 0 Å². The first kappa shape index (κ1) is 14.7. The van der Waals surface area contributed by atoms with Crippen LogP contribution in [0.25, 0.3) is 0 Å². The molecule has 17 heavy (non-hydrogen) atoms. The van der Waals surface area contributed by atoms with Crippen molar-refractivity contribution in [2.24, 2.45) is 0 Å². The minimum atomic E-state index is 1.19. The standard InChI is InChI=1S/C14H26N2S/c1-15(2)10-5-7-13-9-12-17-14(13)8-6-11-16(3)4/h9,12H,5-8,10-11H2,1-4H3. The molecule has 98 valence electrons. The maximum atomic E-state index is 2.31. The average Bonchev–Trinajstić information content (AvgIpc) is 2.65. The molecular formula is C14H26N2S. The second kappa shape index (κ2) is 7.85. The van der Waals surface area contributed by atoms with Gasteiger partial charge in [-0.2, -0.15) is 0 Å². The van der Waals surface area contributed by atoms with Crippen molar-refractivity contribution in [1.82, 2.24) is 9.80 Å². The molecule has 0 aromatic carbocycles. The van der Waals surface area contributed by atoms with Gasteiger partial charge in [0.25, 0.3) is 0 Å². The lowest BCUT2D eigenvalue weighted by molar-refractivity contribution is 0.398. The highest BCUT2D eigenvalue weighted by atomic mass is 32.1. The van der Waals surface area contributed by atoms with Crippen LogP contribution >= 0.6 is 11.3 Å². The number of rotatable bonds is 8. The van der Waals surface area contributed by atoms with E-state index in [4.69, 9.17) is 0 Å². The lowest BCUT2D eigenvalue weighted by Gasteiger charge is -2.10. The molecule has 0 fully saturated rings. The molecule has 0 bridgehead atoms. The van der Waals surface area contributed by atoms with E-state index in [0.29, 0.717) is 0 Å². The minimum absolute atomic E-state index is 1.19. The van der Waals surface area contributed by atoms with Gasteiger partial charge in [0.15, 0.2) is 0 Å². The van der Waals surface area contributed by atoms with Crippen molar-refractivity contribution in [2.75, 3.05) is 41.3 Å². The molecular weight excluding hydrogens is 228 g/mol. The van der Waals surface area contributed by atoms with Crippen LogP contribution in [0.5, 0.6) is 0 Å². The second-order valence-electron chi connectivity index (χ2n) is 5.18. The molecule has 0 N–H and O–H groups in total. The van der Waals surface area contributed by atoms with Crippen LogP contribution in [-0.4, -0.2) is 51.1 Å². The van der Waals surface area contributed by atoms with E-state index in [1.807, 2.05) is 11.3 Å². The molecule has 0 radical (unpaired) electrons. The highest BCUT2D eigenvalue weighted by molar-refractivity contribution is 7.10. The Bertz CT molecular complexity index is 276. The first-order valence-electron chi connectivity index (χ1n) is 6.44. The van der Waals surface area contributed by atoms with Crippen molar-refractivity contribution in [3.8, 4) is 0 Å². The van der Waals surface area contributed by atoms with E-state index in [-0.39, 0.29) is 0 Å². The third-order valence-electron chi connectivity index (χ3n) is 2.90. The van der Waals surface area contributed by atoms with Crippen molar-refractivity contribution in [3.05, 3.63) is 21.9 Å². The molecule has 1 aromatic heterocycles. The van der Waals surface area contributed by atoms with Crippen LogP contribution in [0.15, 0.2) is 11.4 Å². The Morgan fingerprint density at radius 2 is 1.53 bits per heavy atom. The third-order valence-corrected chi connectivity index (χ3v) is 3.92. The smallest absolute Gasteiger partial charge is 0.00777 e. The molecule has 3 heteroatoms. The topological polar surface area (TPSA) is 6.48 Å². The molecule has 0 aliphatic rings. The van der Waals surface area contributed by atoms with E-state index in [9.17, 15) is 0 Å². The molecule has 0 spiro atoms. The maximum absolute atomic E-state index is 2.31. The predicted molar refractivity (Wildman–Crippen MR) is 78.1 cm³/mol. The van der Waals surface area contributed by atoms with E-state index in [1.165, 1.54) is 38.8 Å². The summed E-state index contributed by atoms with van der Waals surface area (Å²) in [5.41, 5.74) is 1.58. The summed E-state index contributed by atoms with van der Waals surface area (Å²) < 4.78 is 0. The third kappa shape index (κ3) is 6.20. The minimum Gasteiger partial charge on any atom is -0.309 e. The fraction of sp³-hybridized carbons (Fsp3) is 0.714. The van der Waals surface area contributed by atoms with Crippen molar-refractivity contribution >= 4 is 11.3 Å². The highest BCUT2D eigenvalue weighted by Gasteiger charge is 2.04. The zero-order chi connectivity index (χ0) is 12.7. The van der Waals surface area contributed by atoms with E-state index in [0.717, 1.165) is 0 Å². The first-order chi connectivity index (χ1) is 8.09. The summed E-state index contributed by atoms with van der Waals surface area (Å²) in [4.78, 5) is 6.13. The molecule has 2 nitrogen and oxygen atoms in total. The Kier molecular flexibility index (Phi) is 6.78. The summed E-state index contributed by atoms with van der Waals surface area (Å²) in [5, 5.41) is 2.25. The Morgan fingerprint density at radius 1 is 0.941 bits per heavy atom. The van der Waals surface area contributed by atoms with Gasteiger partial charge in [-0.15, -0.1) is 11.3 Å². The van der Waals surface area contributed by atoms with Gasteiger partial charge in [0.1, 0.15) is 0 Å². The van der Waals surface area contributed by atoms with Crippen molar-refractivity contribution < 1.29 is 0 Å². The molecule has 1 heterocycles. The van der Waals surface area contributed by atoms with E-state index in [1.54, 1.807) is 10.4 Å². The van der Waals surface area contributed by atoms with Gasteiger partial charge >= 0.3 is 0 Å². The molecule has 1 rings (SSSR count). The fourth-order valence-electron chi connectivity index (χ4n) is 1.95. The van der Waals surface area contributed by atoms with Crippen LogP contribution in [0.4, 0.5) is 0 Å². The van der Waals surface area contributed by atoms with Gasteiger partial charge < -0.3 is 9.80 Å². The zero-order valence-corrected chi connectivity index (χ0v) is 12.5. The largest absolute Gasteiger partial charge is 0.309 e. The van der Waals surface area contributed by atoms with E-state index < -0.39 is 0 Å². The van der Waals surface area contributed by atoms with Gasteiger partial charge in [0.05, 0.1) is 0 Å². The summed E-state index contributed by atoms with van der Waals surface area (Å²) in [5.74, 6) is 0. The maximum Gasteiger partial charge on any atom is 0.00777 e. The summed E-state index contributed by atoms with van der Waals surface area (Å²) in [6, 6.07) is 2.31. The van der Waals surface area contributed by atoms with Crippen LogP contribution < -0.4 is 0 Å². The number of nitrogens with zero attached hydrogens (tertiary/aromatic N) is 2. The first-order valence-corrected chi connectivity index (χ1v) is 7.32. The van der Waals surface area contributed by atoms with Crippen molar-refractivity contribution in [3.63, 3.8) is 0 Å². The number of aryl methyl sites for hydroxylation is 2. The molecule has 0 aliphatic carbocycles. The Labute approximate surface area is 110 Å². The second-order valence-corrected chi connectivity index (χ2v) is 6.18. The molecule has 0 amide bonds. The summed E-state index contributed by atoms with van der Waals surface area (Å²) in [6.45, 7) is 2.38. The van der Waals surface area contributed by atoms with Crippen molar-refractivity contribution in [1.29, 1.82) is 0 Å². The lowest BCUT2D eigenvalue weighted by atomic mass is 10.1. The van der Waals surface area contributed by atoms with Gasteiger partial charge in [-0.1, -0.05) is 0 Å². The SMILES string of the molecule is CN(C)CCCc1ccsc1CCCN(C)C. The van der Waals surface area contributed by atoms with Gasteiger partial charge in [-0.05, 0) is 84.0 Å². The molecule has 0 atom stereocenters. The van der Waals surface area contributed by atoms with Gasteiger partial charge in [-0.25, -0.2) is 0 Å². The summed E-state index contributed by atoms with van der Waals surface area (Å²) in [6.07, 6.45) is 5.02.